The molecule has 0 heterocycles. The van der Waals surface area contributed by atoms with Crippen molar-refractivity contribution in [2.75, 3.05) is 5.33 Å². The van der Waals surface area contributed by atoms with E-state index in [-0.39, 0.29) is 0 Å². The van der Waals surface area contributed by atoms with Crippen LogP contribution in [0.15, 0.2) is 23.1 Å². The summed E-state index contributed by atoms with van der Waals surface area (Å²) in [5, 5.41) is 0.474. The minimum Gasteiger partial charge on any atom is -0.207 e. The highest BCUT2D eigenvalue weighted by Gasteiger charge is 2.36. The first kappa shape index (κ1) is 15.9. The Hall–Kier alpha value is -0.530. The topological polar surface area (TPSA) is 46.2 Å². The van der Waals surface area contributed by atoms with Crippen molar-refractivity contribution in [1.29, 1.82) is 0 Å². The fourth-order valence-corrected chi connectivity index (χ4v) is 4.93. The third-order valence-corrected chi connectivity index (χ3v) is 6.29. The van der Waals surface area contributed by atoms with Crippen LogP contribution in [-0.4, -0.2) is 19.3 Å². The molecule has 0 atom stereocenters. The van der Waals surface area contributed by atoms with E-state index in [1.807, 2.05) is 0 Å². The van der Waals surface area contributed by atoms with Crippen LogP contribution in [0.5, 0.6) is 0 Å². The molecule has 3 nitrogen and oxygen atoms in total. The highest BCUT2D eigenvalue weighted by molar-refractivity contribution is 9.09. The number of hydrogen-bond donors (Lipinski definition) is 1. The molecule has 1 aliphatic carbocycles. The molecule has 2 rings (SSSR count). The SMILES string of the molecule is O=S(=O)(NC1(CBr)CCCCC1)c1ccc(F)cc1F. The molecule has 1 aliphatic rings. The van der Waals surface area contributed by atoms with Crippen LogP contribution in [0.4, 0.5) is 8.78 Å². The third kappa shape index (κ3) is 3.38. The molecule has 0 aromatic heterocycles. The first-order valence-electron chi connectivity index (χ1n) is 6.44. The van der Waals surface area contributed by atoms with Crippen LogP contribution < -0.4 is 4.72 Å². The molecule has 112 valence electrons. The number of hydrogen-bond acceptors (Lipinski definition) is 2. The maximum atomic E-state index is 13.7. The van der Waals surface area contributed by atoms with E-state index in [9.17, 15) is 17.2 Å². The highest BCUT2D eigenvalue weighted by Crippen LogP contribution is 2.31. The van der Waals surface area contributed by atoms with Gasteiger partial charge in [-0.1, -0.05) is 35.2 Å². The Morgan fingerprint density at radius 1 is 1.20 bits per heavy atom. The van der Waals surface area contributed by atoms with Gasteiger partial charge in [-0.25, -0.2) is 21.9 Å². The summed E-state index contributed by atoms with van der Waals surface area (Å²) in [4.78, 5) is -0.509. The Morgan fingerprint density at radius 2 is 1.85 bits per heavy atom. The molecular weight excluding hydrogens is 352 g/mol. The summed E-state index contributed by atoms with van der Waals surface area (Å²) in [5.41, 5.74) is -0.585. The van der Waals surface area contributed by atoms with Gasteiger partial charge in [-0.15, -0.1) is 0 Å². The van der Waals surface area contributed by atoms with Gasteiger partial charge in [0.15, 0.2) is 0 Å². The zero-order valence-electron chi connectivity index (χ0n) is 10.8. The average molecular weight is 368 g/mol. The summed E-state index contributed by atoms with van der Waals surface area (Å²) < 4.78 is 53.7. The van der Waals surface area contributed by atoms with Crippen LogP contribution in [0.1, 0.15) is 32.1 Å². The zero-order valence-corrected chi connectivity index (χ0v) is 13.2. The molecule has 20 heavy (non-hydrogen) atoms. The summed E-state index contributed by atoms with van der Waals surface area (Å²) >= 11 is 3.34. The number of alkyl halides is 1. The smallest absolute Gasteiger partial charge is 0.207 e. The van der Waals surface area contributed by atoms with E-state index in [2.05, 4.69) is 20.7 Å². The Kier molecular flexibility index (Phi) is 4.81. The first-order chi connectivity index (χ1) is 9.38. The lowest BCUT2D eigenvalue weighted by molar-refractivity contribution is 0.301. The van der Waals surface area contributed by atoms with Crippen molar-refractivity contribution in [2.24, 2.45) is 0 Å². The van der Waals surface area contributed by atoms with Gasteiger partial charge in [0.1, 0.15) is 16.5 Å². The number of sulfonamides is 1. The molecule has 7 heteroatoms. The lowest BCUT2D eigenvalue weighted by Gasteiger charge is -2.36. The van der Waals surface area contributed by atoms with Crippen LogP contribution in [0, 0.1) is 11.6 Å². The van der Waals surface area contributed by atoms with E-state index in [1.165, 1.54) is 0 Å². The van der Waals surface area contributed by atoms with Gasteiger partial charge in [0.2, 0.25) is 10.0 Å². The largest absolute Gasteiger partial charge is 0.244 e. The summed E-state index contributed by atoms with van der Waals surface area (Å²) in [6, 6.07) is 2.48. The summed E-state index contributed by atoms with van der Waals surface area (Å²) in [7, 11) is -4.00. The van der Waals surface area contributed by atoms with Crippen molar-refractivity contribution in [3.05, 3.63) is 29.8 Å². The quantitative estimate of drug-likeness (QED) is 0.829. The standard InChI is InChI=1S/C13H16BrF2NO2S/c14-9-13(6-2-1-3-7-13)17-20(18,19)12-5-4-10(15)8-11(12)16/h4-5,8,17H,1-3,6-7,9H2. The van der Waals surface area contributed by atoms with Crippen molar-refractivity contribution in [2.45, 2.75) is 42.5 Å². The normalized spacial score (nSPS) is 18.9. The summed E-state index contributed by atoms with van der Waals surface area (Å²) in [5.74, 6) is -1.87. The lowest BCUT2D eigenvalue weighted by Crippen LogP contribution is -2.51. The molecular formula is C13H16BrF2NO2S. The second-order valence-corrected chi connectivity index (χ2v) is 7.37. The van der Waals surface area contributed by atoms with Gasteiger partial charge < -0.3 is 0 Å². The van der Waals surface area contributed by atoms with Crippen molar-refractivity contribution in [3.63, 3.8) is 0 Å². The number of nitrogens with one attached hydrogen (secondary N) is 1. The highest BCUT2D eigenvalue weighted by atomic mass is 79.9. The number of rotatable bonds is 4. The van der Waals surface area contributed by atoms with Crippen molar-refractivity contribution >= 4 is 26.0 Å². The predicted molar refractivity (Wildman–Crippen MR) is 76.3 cm³/mol. The first-order valence-corrected chi connectivity index (χ1v) is 9.04. The van der Waals surface area contributed by atoms with E-state index in [4.69, 9.17) is 0 Å². The molecule has 1 N–H and O–H groups in total. The van der Waals surface area contributed by atoms with Crippen LogP contribution in [0.2, 0.25) is 0 Å². The molecule has 0 saturated heterocycles. The van der Waals surface area contributed by atoms with Crippen LogP contribution in [-0.2, 0) is 10.0 Å². The van der Waals surface area contributed by atoms with Gasteiger partial charge in [-0.05, 0) is 25.0 Å². The molecule has 0 amide bonds. The van der Waals surface area contributed by atoms with Gasteiger partial charge in [-0.3, -0.25) is 0 Å². The molecule has 1 aromatic carbocycles. The average Bonchev–Trinajstić information content (AvgIpc) is 2.38. The minimum atomic E-state index is -4.00. The van der Waals surface area contributed by atoms with Gasteiger partial charge in [0.05, 0.1) is 0 Å². The molecule has 1 fully saturated rings. The summed E-state index contributed by atoms with van der Waals surface area (Å²) in [6.45, 7) is 0. The maximum Gasteiger partial charge on any atom is 0.244 e. The van der Waals surface area contributed by atoms with Crippen molar-refractivity contribution < 1.29 is 17.2 Å². The van der Waals surface area contributed by atoms with Crippen molar-refractivity contribution in [3.8, 4) is 0 Å². The van der Waals surface area contributed by atoms with Gasteiger partial charge in [0, 0.05) is 16.9 Å². The van der Waals surface area contributed by atoms with Crippen LogP contribution in [0.3, 0.4) is 0 Å². The molecule has 0 radical (unpaired) electrons. The molecule has 0 spiro atoms. The van der Waals surface area contributed by atoms with Crippen LogP contribution >= 0.6 is 15.9 Å². The van der Waals surface area contributed by atoms with Gasteiger partial charge in [-0.2, -0.15) is 0 Å². The number of benzene rings is 1. The third-order valence-electron chi connectivity index (χ3n) is 3.60. The molecule has 0 aliphatic heterocycles. The van der Waals surface area contributed by atoms with E-state index < -0.39 is 32.1 Å². The monoisotopic (exact) mass is 367 g/mol. The van der Waals surface area contributed by atoms with E-state index in [0.717, 1.165) is 31.4 Å². The Balaban J connectivity index is 2.30. The fourth-order valence-electron chi connectivity index (χ4n) is 2.52. The van der Waals surface area contributed by atoms with Crippen LogP contribution in [0.25, 0.3) is 0 Å². The van der Waals surface area contributed by atoms with Gasteiger partial charge >= 0.3 is 0 Å². The predicted octanol–water partition coefficient (Wildman–Crippen LogP) is 3.34. The fraction of sp³-hybridized carbons (Fsp3) is 0.538. The Morgan fingerprint density at radius 3 is 2.40 bits per heavy atom. The second-order valence-electron chi connectivity index (χ2n) is 5.15. The van der Waals surface area contributed by atoms with E-state index in [1.54, 1.807) is 0 Å². The maximum absolute atomic E-state index is 13.7. The van der Waals surface area contributed by atoms with Crippen molar-refractivity contribution in [1.82, 2.24) is 4.72 Å². The molecule has 0 unspecified atom stereocenters. The molecule has 0 bridgehead atoms. The van der Waals surface area contributed by atoms with E-state index >= 15 is 0 Å². The number of halogens is 3. The molecule has 1 aromatic rings. The Bertz CT molecular complexity index is 586. The minimum absolute atomic E-state index is 0.474. The second kappa shape index (κ2) is 6.07. The van der Waals surface area contributed by atoms with E-state index in [0.29, 0.717) is 24.2 Å². The summed E-state index contributed by atoms with van der Waals surface area (Å²) in [6.07, 6.45) is 4.35. The van der Waals surface area contributed by atoms with Gasteiger partial charge in [0.25, 0.3) is 0 Å². The zero-order chi connectivity index (χ0) is 14.8. The molecule has 1 saturated carbocycles. The lowest BCUT2D eigenvalue weighted by atomic mass is 9.84. The Labute approximate surface area is 125 Å².